The number of ether oxygens (including phenoxy) is 1. The van der Waals surface area contributed by atoms with Crippen molar-refractivity contribution in [3.8, 4) is 0 Å². The van der Waals surface area contributed by atoms with Crippen molar-refractivity contribution in [3.63, 3.8) is 0 Å². The highest BCUT2D eigenvalue weighted by Crippen LogP contribution is 2.52. The zero-order chi connectivity index (χ0) is 16.6. The molecule has 1 aromatic carbocycles. The molecule has 0 amide bonds. The summed E-state index contributed by atoms with van der Waals surface area (Å²) in [5.74, 6) is -0.701. The van der Waals surface area contributed by atoms with Crippen molar-refractivity contribution < 1.29 is 14.6 Å². The van der Waals surface area contributed by atoms with E-state index in [9.17, 15) is 4.79 Å². The second-order valence-corrected chi connectivity index (χ2v) is 7.96. The molecule has 1 aliphatic heterocycles. The number of carboxylic acids is 1. The SMILES string of the molecule is O=C(O)C1CCC2(CC1)CC(NCc1cccc3c1COCC3)C2. The number of carboxylic acid groups (broad SMARTS) is 1. The molecule has 1 heterocycles. The number of benzene rings is 1. The van der Waals surface area contributed by atoms with Crippen LogP contribution in [0.4, 0.5) is 0 Å². The van der Waals surface area contributed by atoms with Crippen LogP contribution in [0.1, 0.15) is 55.2 Å². The lowest BCUT2D eigenvalue weighted by Crippen LogP contribution is -2.50. The van der Waals surface area contributed by atoms with Crippen LogP contribution >= 0.6 is 0 Å². The predicted octanol–water partition coefficient (Wildman–Crippen LogP) is 3.27. The Bertz CT molecular complexity index is 611. The highest BCUT2D eigenvalue weighted by Gasteiger charge is 2.46. The lowest BCUT2D eigenvalue weighted by Gasteiger charge is -2.51. The third-order valence-electron chi connectivity index (χ3n) is 6.47. The normalized spacial score (nSPS) is 32.2. The molecular weight excluding hydrogens is 302 g/mol. The van der Waals surface area contributed by atoms with Gasteiger partial charge in [0.15, 0.2) is 0 Å². The van der Waals surface area contributed by atoms with Crippen molar-refractivity contribution in [1.82, 2.24) is 5.32 Å². The summed E-state index contributed by atoms with van der Waals surface area (Å²) in [5.41, 5.74) is 4.63. The molecule has 0 bridgehead atoms. The smallest absolute Gasteiger partial charge is 0.306 e. The Hall–Kier alpha value is -1.39. The van der Waals surface area contributed by atoms with E-state index in [2.05, 4.69) is 23.5 Å². The summed E-state index contributed by atoms with van der Waals surface area (Å²) in [6.45, 7) is 2.51. The van der Waals surface area contributed by atoms with E-state index in [1.807, 2.05) is 0 Å². The van der Waals surface area contributed by atoms with E-state index in [0.29, 0.717) is 11.5 Å². The Morgan fingerprint density at radius 1 is 1.29 bits per heavy atom. The molecule has 0 saturated heterocycles. The number of carbonyl (C=O) groups is 1. The molecule has 4 rings (SSSR count). The maximum atomic E-state index is 11.1. The third-order valence-corrected chi connectivity index (χ3v) is 6.47. The third kappa shape index (κ3) is 3.09. The van der Waals surface area contributed by atoms with Gasteiger partial charge in [-0.05, 0) is 67.1 Å². The van der Waals surface area contributed by atoms with E-state index in [1.54, 1.807) is 0 Å². The fraction of sp³-hybridized carbons (Fsp3) is 0.650. The molecule has 2 saturated carbocycles. The van der Waals surface area contributed by atoms with Crippen molar-refractivity contribution in [3.05, 3.63) is 34.9 Å². The largest absolute Gasteiger partial charge is 0.481 e. The van der Waals surface area contributed by atoms with Crippen LogP contribution < -0.4 is 5.32 Å². The standard InChI is InChI=1S/C20H27NO3/c22-19(23)15-4-7-20(8-5-15)10-17(11-20)21-12-16-3-1-2-14-6-9-24-13-18(14)16/h1-3,15,17,21H,4-13H2,(H,22,23). The van der Waals surface area contributed by atoms with Crippen molar-refractivity contribution in [2.75, 3.05) is 6.61 Å². The van der Waals surface area contributed by atoms with Crippen LogP contribution in [0.2, 0.25) is 0 Å². The van der Waals surface area contributed by atoms with Crippen LogP contribution in [0.25, 0.3) is 0 Å². The topological polar surface area (TPSA) is 58.6 Å². The van der Waals surface area contributed by atoms with Gasteiger partial charge >= 0.3 is 5.97 Å². The highest BCUT2D eigenvalue weighted by atomic mass is 16.5. The van der Waals surface area contributed by atoms with E-state index in [0.717, 1.165) is 51.9 Å². The van der Waals surface area contributed by atoms with Crippen LogP contribution in [0, 0.1) is 11.3 Å². The van der Waals surface area contributed by atoms with Crippen molar-refractivity contribution in [2.24, 2.45) is 11.3 Å². The van der Waals surface area contributed by atoms with E-state index in [1.165, 1.54) is 29.5 Å². The molecule has 0 unspecified atom stereocenters. The second kappa shape index (κ2) is 6.49. The van der Waals surface area contributed by atoms with Gasteiger partial charge in [-0.3, -0.25) is 4.79 Å². The number of fused-ring (bicyclic) bond motifs is 1. The Morgan fingerprint density at radius 2 is 2.08 bits per heavy atom. The molecule has 2 fully saturated rings. The average Bonchev–Trinajstić information content (AvgIpc) is 2.58. The van der Waals surface area contributed by atoms with Gasteiger partial charge in [0.2, 0.25) is 0 Å². The van der Waals surface area contributed by atoms with Gasteiger partial charge < -0.3 is 15.2 Å². The average molecular weight is 329 g/mol. The van der Waals surface area contributed by atoms with Gasteiger partial charge in [0.05, 0.1) is 19.1 Å². The van der Waals surface area contributed by atoms with Crippen LogP contribution in [0.3, 0.4) is 0 Å². The van der Waals surface area contributed by atoms with Gasteiger partial charge in [-0.25, -0.2) is 0 Å². The molecule has 0 atom stereocenters. The van der Waals surface area contributed by atoms with Crippen molar-refractivity contribution in [1.29, 1.82) is 0 Å². The minimum Gasteiger partial charge on any atom is -0.481 e. The molecule has 130 valence electrons. The molecule has 1 spiro atoms. The fourth-order valence-electron chi connectivity index (χ4n) is 4.90. The minimum atomic E-state index is -0.602. The molecule has 4 nitrogen and oxygen atoms in total. The monoisotopic (exact) mass is 329 g/mol. The number of nitrogens with one attached hydrogen (secondary N) is 1. The summed E-state index contributed by atoms with van der Waals surface area (Å²) >= 11 is 0. The van der Waals surface area contributed by atoms with Crippen molar-refractivity contribution >= 4 is 5.97 Å². The maximum Gasteiger partial charge on any atom is 0.306 e. The van der Waals surface area contributed by atoms with Crippen LogP contribution in [0.5, 0.6) is 0 Å². The molecule has 0 radical (unpaired) electrons. The summed E-state index contributed by atoms with van der Waals surface area (Å²) in [5, 5.41) is 12.9. The summed E-state index contributed by atoms with van der Waals surface area (Å²) in [6.07, 6.45) is 7.38. The lowest BCUT2D eigenvalue weighted by molar-refractivity contribution is -0.144. The fourth-order valence-corrected chi connectivity index (χ4v) is 4.90. The molecule has 2 aliphatic carbocycles. The second-order valence-electron chi connectivity index (χ2n) is 7.96. The van der Waals surface area contributed by atoms with Gasteiger partial charge in [-0.1, -0.05) is 18.2 Å². The zero-order valence-electron chi connectivity index (χ0n) is 14.2. The molecule has 2 N–H and O–H groups in total. The van der Waals surface area contributed by atoms with Crippen LogP contribution in [0.15, 0.2) is 18.2 Å². The highest BCUT2D eigenvalue weighted by molar-refractivity contribution is 5.70. The summed E-state index contributed by atoms with van der Waals surface area (Å²) in [4.78, 5) is 11.1. The molecule has 3 aliphatic rings. The number of hydrogen-bond donors (Lipinski definition) is 2. The Balaban J connectivity index is 1.28. The minimum absolute atomic E-state index is 0.0986. The van der Waals surface area contributed by atoms with Gasteiger partial charge in [0.25, 0.3) is 0 Å². The van der Waals surface area contributed by atoms with E-state index < -0.39 is 5.97 Å². The van der Waals surface area contributed by atoms with E-state index >= 15 is 0 Å². The summed E-state index contributed by atoms with van der Waals surface area (Å²) in [7, 11) is 0. The number of hydrogen-bond acceptors (Lipinski definition) is 3. The number of aliphatic carboxylic acids is 1. The first-order chi connectivity index (χ1) is 11.7. The van der Waals surface area contributed by atoms with E-state index in [4.69, 9.17) is 9.84 Å². The Morgan fingerprint density at radius 3 is 2.83 bits per heavy atom. The number of rotatable bonds is 4. The van der Waals surface area contributed by atoms with Gasteiger partial charge in [-0.2, -0.15) is 0 Å². The van der Waals surface area contributed by atoms with Gasteiger partial charge in [0.1, 0.15) is 0 Å². The Labute approximate surface area is 143 Å². The maximum absolute atomic E-state index is 11.1. The first-order valence-electron chi connectivity index (χ1n) is 9.29. The molecule has 1 aromatic rings. The Kier molecular flexibility index (Phi) is 4.35. The first-order valence-corrected chi connectivity index (χ1v) is 9.29. The van der Waals surface area contributed by atoms with Gasteiger partial charge in [0, 0.05) is 12.6 Å². The quantitative estimate of drug-likeness (QED) is 0.890. The predicted molar refractivity (Wildman–Crippen MR) is 91.7 cm³/mol. The van der Waals surface area contributed by atoms with Crippen LogP contribution in [-0.2, 0) is 29.1 Å². The van der Waals surface area contributed by atoms with Crippen molar-refractivity contribution in [2.45, 2.75) is 64.1 Å². The molecule has 24 heavy (non-hydrogen) atoms. The molecular formula is C20H27NO3. The summed E-state index contributed by atoms with van der Waals surface area (Å²) < 4.78 is 5.63. The van der Waals surface area contributed by atoms with E-state index in [-0.39, 0.29) is 5.92 Å². The molecule has 4 heteroatoms. The first kappa shape index (κ1) is 16.1. The van der Waals surface area contributed by atoms with Gasteiger partial charge in [-0.15, -0.1) is 0 Å². The lowest BCUT2D eigenvalue weighted by atomic mass is 9.57. The molecule has 0 aromatic heterocycles. The van der Waals surface area contributed by atoms with Crippen LogP contribution in [-0.4, -0.2) is 23.7 Å². The zero-order valence-corrected chi connectivity index (χ0v) is 14.2. The summed E-state index contributed by atoms with van der Waals surface area (Å²) in [6, 6.07) is 7.19.